The predicted molar refractivity (Wildman–Crippen MR) is 66.0 cm³/mol. The molecule has 0 unspecified atom stereocenters. The van der Waals surface area contributed by atoms with E-state index < -0.39 is 0 Å². The lowest BCUT2D eigenvalue weighted by atomic mass is 10.3. The third kappa shape index (κ3) is 3.01. The number of rotatable bonds is 5. The molecule has 0 amide bonds. The van der Waals surface area contributed by atoms with Crippen LogP contribution in [0.5, 0.6) is 0 Å². The average molecular weight is 232 g/mol. The lowest BCUT2D eigenvalue weighted by Crippen LogP contribution is -2.01. The minimum Gasteiger partial charge on any atom is -0.368 e. The number of anilines is 1. The molecule has 0 aliphatic rings. The van der Waals surface area contributed by atoms with Gasteiger partial charge in [0, 0.05) is 18.9 Å². The highest BCUT2D eigenvalue weighted by atomic mass is 15.1. The van der Waals surface area contributed by atoms with Crippen molar-refractivity contribution >= 4 is 5.95 Å². The Kier molecular flexibility index (Phi) is 3.66. The van der Waals surface area contributed by atoms with E-state index in [2.05, 4.69) is 15.0 Å². The molecule has 0 aliphatic heterocycles. The highest BCUT2D eigenvalue weighted by Crippen LogP contribution is 2.14. The van der Waals surface area contributed by atoms with Gasteiger partial charge in [0.05, 0.1) is 12.0 Å². The zero-order valence-electron chi connectivity index (χ0n) is 9.58. The molecule has 17 heavy (non-hydrogen) atoms. The van der Waals surface area contributed by atoms with Crippen molar-refractivity contribution in [3.05, 3.63) is 24.8 Å². The molecular weight excluding hydrogens is 216 g/mol. The number of hydrogen-bond acceptors (Lipinski definition) is 5. The van der Waals surface area contributed by atoms with Crippen LogP contribution in [0.2, 0.25) is 0 Å². The van der Waals surface area contributed by atoms with Gasteiger partial charge in [-0.3, -0.25) is 0 Å². The molecule has 2 aromatic rings. The molecule has 4 N–H and O–H groups in total. The van der Waals surface area contributed by atoms with E-state index in [1.54, 1.807) is 18.6 Å². The largest absolute Gasteiger partial charge is 0.368 e. The minimum absolute atomic E-state index is 0.264. The van der Waals surface area contributed by atoms with Crippen molar-refractivity contribution in [2.24, 2.45) is 5.73 Å². The molecule has 6 nitrogen and oxygen atoms in total. The lowest BCUT2D eigenvalue weighted by molar-refractivity contribution is 0.614. The molecule has 0 atom stereocenters. The van der Waals surface area contributed by atoms with Crippen molar-refractivity contribution in [2.45, 2.75) is 19.4 Å². The first-order chi connectivity index (χ1) is 8.29. The monoisotopic (exact) mass is 232 g/mol. The lowest BCUT2D eigenvalue weighted by Gasteiger charge is -1.99. The highest BCUT2D eigenvalue weighted by Gasteiger charge is 2.04. The maximum absolute atomic E-state index is 5.53. The first-order valence-electron chi connectivity index (χ1n) is 5.60. The van der Waals surface area contributed by atoms with Crippen LogP contribution in [0.4, 0.5) is 5.95 Å². The van der Waals surface area contributed by atoms with Crippen molar-refractivity contribution in [3.63, 3.8) is 0 Å². The molecule has 0 radical (unpaired) electrons. The van der Waals surface area contributed by atoms with Crippen molar-refractivity contribution < 1.29 is 0 Å². The first-order valence-corrected chi connectivity index (χ1v) is 5.60. The van der Waals surface area contributed by atoms with Gasteiger partial charge < -0.3 is 16.0 Å². The van der Waals surface area contributed by atoms with Crippen LogP contribution < -0.4 is 11.5 Å². The molecule has 0 fully saturated rings. The highest BCUT2D eigenvalue weighted by molar-refractivity contribution is 5.53. The summed E-state index contributed by atoms with van der Waals surface area (Å²) in [6, 6.07) is 1.79. The molecule has 2 rings (SSSR count). The van der Waals surface area contributed by atoms with Crippen LogP contribution in [0, 0.1) is 0 Å². The van der Waals surface area contributed by atoms with Gasteiger partial charge in [0.1, 0.15) is 5.69 Å². The first kappa shape index (κ1) is 11.5. The zero-order valence-corrected chi connectivity index (χ0v) is 9.58. The number of nitrogen functional groups attached to an aromatic ring is 1. The van der Waals surface area contributed by atoms with Crippen LogP contribution in [-0.2, 0) is 6.54 Å². The van der Waals surface area contributed by atoms with Gasteiger partial charge >= 0.3 is 0 Å². The zero-order chi connectivity index (χ0) is 12.1. The summed E-state index contributed by atoms with van der Waals surface area (Å²) in [5.74, 6) is 0.264. The standard InChI is InChI=1S/C11H16N6/c12-4-1-2-6-17-7-10(15-8-17)9-3-5-14-11(13)16-9/h3,5,7-8H,1-2,4,6,12H2,(H2,13,14,16). The van der Waals surface area contributed by atoms with Crippen LogP contribution >= 0.6 is 0 Å². The van der Waals surface area contributed by atoms with Gasteiger partial charge in [-0.2, -0.15) is 0 Å². The Morgan fingerprint density at radius 2 is 2.06 bits per heavy atom. The van der Waals surface area contributed by atoms with Crippen LogP contribution in [0.3, 0.4) is 0 Å². The summed E-state index contributed by atoms with van der Waals surface area (Å²) < 4.78 is 2.03. The van der Waals surface area contributed by atoms with Crippen LogP contribution in [0.25, 0.3) is 11.4 Å². The Hall–Kier alpha value is -1.95. The summed E-state index contributed by atoms with van der Waals surface area (Å²) in [5.41, 5.74) is 12.5. The fraction of sp³-hybridized carbons (Fsp3) is 0.364. The van der Waals surface area contributed by atoms with E-state index in [1.807, 2.05) is 10.8 Å². The van der Waals surface area contributed by atoms with Crippen LogP contribution in [0.1, 0.15) is 12.8 Å². The van der Waals surface area contributed by atoms with Gasteiger partial charge in [0.2, 0.25) is 5.95 Å². The molecule has 2 heterocycles. The smallest absolute Gasteiger partial charge is 0.220 e. The molecule has 0 saturated heterocycles. The normalized spacial score (nSPS) is 10.6. The van der Waals surface area contributed by atoms with Gasteiger partial charge in [0.25, 0.3) is 0 Å². The minimum atomic E-state index is 0.264. The number of imidazole rings is 1. The van der Waals surface area contributed by atoms with Gasteiger partial charge in [-0.1, -0.05) is 0 Å². The third-order valence-corrected chi connectivity index (χ3v) is 2.44. The van der Waals surface area contributed by atoms with E-state index >= 15 is 0 Å². The van der Waals surface area contributed by atoms with Crippen molar-refractivity contribution in [1.29, 1.82) is 0 Å². The molecule has 0 aliphatic carbocycles. The molecule has 6 heteroatoms. The summed E-state index contributed by atoms with van der Waals surface area (Å²) in [4.78, 5) is 12.3. The van der Waals surface area contributed by atoms with Crippen LogP contribution in [-0.4, -0.2) is 26.1 Å². The van der Waals surface area contributed by atoms with E-state index in [4.69, 9.17) is 11.5 Å². The number of hydrogen-bond donors (Lipinski definition) is 2. The van der Waals surface area contributed by atoms with E-state index in [0.29, 0.717) is 0 Å². The van der Waals surface area contributed by atoms with Gasteiger partial charge in [-0.25, -0.2) is 15.0 Å². The Labute approximate surface area is 99.7 Å². The summed E-state index contributed by atoms with van der Waals surface area (Å²) in [7, 11) is 0. The van der Waals surface area contributed by atoms with Gasteiger partial charge in [-0.15, -0.1) is 0 Å². The van der Waals surface area contributed by atoms with Gasteiger partial charge in [0.15, 0.2) is 0 Å². The number of aromatic nitrogens is 4. The Morgan fingerprint density at radius 3 is 2.82 bits per heavy atom. The molecule has 0 saturated carbocycles. The molecule has 0 bridgehead atoms. The molecule has 0 spiro atoms. The number of nitrogens with two attached hydrogens (primary N) is 2. The molecule has 2 aromatic heterocycles. The van der Waals surface area contributed by atoms with Gasteiger partial charge in [-0.05, 0) is 25.5 Å². The quantitative estimate of drug-likeness (QED) is 0.738. The summed E-state index contributed by atoms with van der Waals surface area (Å²) >= 11 is 0. The Balaban J connectivity index is 2.07. The van der Waals surface area contributed by atoms with E-state index in [0.717, 1.165) is 37.3 Å². The van der Waals surface area contributed by atoms with Crippen molar-refractivity contribution in [3.8, 4) is 11.4 Å². The predicted octanol–water partition coefficient (Wildman–Crippen LogP) is 0.661. The fourth-order valence-corrected chi connectivity index (χ4v) is 1.57. The second-order valence-electron chi connectivity index (χ2n) is 3.79. The third-order valence-electron chi connectivity index (χ3n) is 2.44. The summed E-state index contributed by atoms with van der Waals surface area (Å²) in [5, 5.41) is 0. The second-order valence-corrected chi connectivity index (χ2v) is 3.79. The molecule has 0 aromatic carbocycles. The topological polar surface area (TPSA) is 95.6 Å². The maximum atomic E-state index is 5.53. The number of unbranched alkanes of at least 4 members (excludes halogenated alkanes) is 1. The van der Waals surface area contributed by atoms with E-state index in [-0.39, 0.29) is 5.95 Å². The number of aryl methyl sites for hydroxylation is 1. The van der Waals surface area contributed by atoms with E-state index in [1.165, 1.54) is 0 Å². The molecule has 90 valence electrons. The fourth-order valence-electron chi connectivity index (χ4n) is 1.57. The maximum Gasteiger partial charge on any atom is 0.220 e. The second kappa shape index (κ2) is 5.40. The summed E-state index contributed by atoms with van der Waals surface area (Å²) in [6.07, 6.45) is 7.46. The number of nitrogens with zero attached hydrogens (tertiary/aromatic N) is 4. The van der Waals surface area contributed by atoms with Crippen molar-refractivity contribution in [1.82, 2.24) is 19.5 Å². The average Bonchev–Trinajstić information content (AvgIpc) is 2.78. The molecular formula is C11H16N6. The Bertz CT molecular complexity index is 478. The SMILES string of the molecule is NCCCCn1cnc(-c2ccnc(N)n2)c1. The van der Waals surface area contributed by atoms with E-state index in [9.17, 15) is 0 Å². The Morgan fingerprint density at radius 1 is 1.18 bits per heavy atom. The van der Waals surface area contributed by atoms with Crippen molar-refractivity contribution in [2.75, 3.05) is 12.3 Å². The summed E-state index contributed by atoms with van der Waals surface area (Å²) in [6.45, 7) is 1.65. The van der Waals surface area contributed by atoms with Crippen LogP contribution in [0.15, 0.2) is 24.8 Å².